The fraction of sp³-hybridized carbons (Fsp3) is 0.625. The second-order valence-electron chi connectivity index (χ2n) is 5.66. The molecule has 1 aromatic rings. The lowest BCUT2D eigenvalue weighted by Gasteiger charge is -2.46. The molecule has 20 heavy (non-hydrogen) atoms. The minimum absolute atomic E-state index is 0. The third-order valence-electron chi connectivity index (χ3n) is 4.13. The Bertz CT molecular complexity index is 432. The topological polar surface area (TPSA) is 41.5 Å². The SMILES string of the molecule is CCC1(CC)Oc2ccccc2[C@@H](NC(C)C)[C@@H]1O.Cl. The molecule has 1 aromatic carbocycles. The van der Waals surface area contributed by atoms with Gasteiger partial charge in [-0.15, -0.1) is 12.4 Å². The van der Waals surface area contributed by atoms with Crippen molar-refractivity contribution in [1.29, 1.82) is 0 Å². The van der Waals surface area contributed by atoms with E-state index < -0.39 is 11.7 Å². The van der Waals surface area contributed by atoms with E-state index in [1.807, 2.05) is 24.3 Å². The molecule has 0 saturated heterocycles. The van der Waals surface area contributed by atoms with Crippen LogP contribution in [0, 0.1) is 0 Å². The smallest absolute Gasteiger partial charge is 0.136 e. The number of ether oxygens (including phenoxy) is 1. The van der Waals surface area contributed by atoms with Gasteiger partial charge in [0.1, 0.15) is 17.5 Å². The predicted octanol–water partition coefficient (Wildman–Crippen LogP) is 3.46. The normalized spacial score (nSPS) is 23.7. The van der Waals surface area contributed by atoms with Crippen molar-refractivity contribution in [3.05, 3.63) is 29.8 Å². The van der Waals surface area contributed by atoms with E-state index in [0.29, 0.717) is 6.04 Å². The van der Waals surface area contributed by atoms with Crippen molar-refractivity contribution in [2.24, 2.45) is 0 Å². The number of para-hydroxylation sites is 1. The van der Waals surface area contributed by atoms with Crippen molar-refractivity contribution in [2.45, 2.75) is 64.3 Å². The zero-order valence-corrected chi connectivity index (χ0v) is 13.5. The largest absolute Gasteiger partial charge is 0.484 e. The van der Waals surface area contributed by atoms with Gasteiger partial charge in [-0.3, -0.25) is 0 Å². The number of fused-ring (bicyclic) bond motifs is 1. The van der Waals surface area contributed by atoms with Gasteiger partial charge in [0.2, 0.25) is 0 Å². The van der Waals surface area contributed by atoms with E-state index in [1.54, 1.807) is 0 Å². The molecule has 0 aromatic heterocycles. The minimum atomic E-state index is -0.528. The second-order valence-corrected chi connectivity index (χ2v) is 5.66. The first-order valence-electron chi connectivity index (χ1n) is 7.26. The van der Waals surface area contributed by atoms with Crippen molar-refractivity contribution in [3.8, 4) is 5.75 Å². The van der Waals surface area contributed by atoms with Crippen LogP contribution in [0.5, 0.6) is 5.75 Å². The molecule has 0 spiro atoms. The summed E-state index contributed by atoms with van der Waals surface area (Å²) in [4.78, 5) is 0. The van der Waals surface area contributed by atoms with E-state index in [2.05, 4.69) is 33.0 Å². The summed E-state index contributed by atoms with van der Waals surface area (Å²) in [7, 11) is 0. The maximum atomic E-state index is 10.8. The number of rotatable bonds is 4. The zero-order chi connectivity index (χ0) is 14.0. The van der Waals surface area contributed by atoms with Gasteiger partial charge >= 0.3 is 0 Å². The Morgan fingerprint density at radius 1 is 1.25 bits per heavy atom. The molecule has 2 N–H and O–H groups in total. The molecule has 0 radical (unpaired) electrons. The molecule has 2 rings (SSSR count). The molecule has 1 aliphatic rings. The summed E-state index contributed by atoms with van der Waals surface area (Å²) in [5.41, 5.74) is 0.571. The lowest BCUT2D eigenvalue weighted by Crippen LogP contribution is -2.56. The van der Waals surface area contributed by atoms with Crippen LogP contribution in [0.2, 0.25) is 0 Å². The lowest BCUT2D eigenvalue weighted by molar-refractivity contribution is -0.0932. The summed E-state index contributed by atoms with van der Waals surface area (Å²) in [6, 6.07) is 8.26. The van der Waals surface area contributed by atoms with Crippen LogP contribution in [0.3, 0.4) is 0 Å². The predicted molar refractivity (Wildman–Crippen MR) is 84.7 cm³/mol. The summed E-state index contributed by atoms with van der Waals surface area (Å²) in [6.07, 6.45) is 1.07. The fourth-order valence-electron chi connectivity index (χ4n) is 2.94. The van der Waals surface area contributed by atoms with E-state index in [-0.39, 0.29) is 18.4 Å². The summed E-state index contributed by atoms with van der Waals surface area (Å²) < 4.78 is 6.15. The van der Waals surface area contributed by atoms with Gasteiger partial charge in [-0.25, -0.2) is 0 Å². The van der Waals surface area contributed by atoms with Gasteiger partial charge < -0.3 is 15.2 Å². The van der Waals surface area contributed by atoms with Crippen LogP contribution in [0.4, 0.5) is 0 Å². The Kier molecular flexibility index (Phi) is 5.87. The molecule has 0 bridgehead atoms. The van der Waals surface area contributed by atoms with Crippen LogP contribution < -0.4 is 10.1 Å². The molecule has 1 heterocycles. The first-order chi connectivity index (χ1) is 9.04. The highest BCUT2D eigenvalue weighted by molar-refractivity contribution is 5.85. The molecular formula is C16H26ClNO2. The van der Waals surface area contributed by atoms with E-state index in [4.69, 9.17) is 4.74 Å². The molecule has 0 aliphatic carbocycles. The quantitative estimate of drug-likeness (QED) is 0.894. The van der Waals surface area contributed by atoms with Crippen LogP contribution in [0.25, 0.3) is 0 Å². The first kappa shape index (κ1) is 17.3. The second kappa shape index (κ2) is 6.79. The van der Waals surface area contributed by atoms with E-state index in [0.717, 1.165) is 24.2 Å². The minimum Gasteiger partial charge on any atom is -0.484 e. The Hall–Kier alpha value is -0.770. The number of hydrogen-bond donors (Lipinski definition) is 2. The van der Waals surface area contributed by atoms with Gasteiger partial charge in [0.25, 0.3) is 0 Å². The summed E-state index contributed by atoms with van der Waals surface area (Å²) >= 11 is 0. The average molecular weight is 300 g/mol. The van der Waals surface area contributed by atoms with Crippen molar-refractivity contribution in [1.82, 2.24) is 5.32 Å². The van der Waals surface area contributed by atoms with Crippen LogP contribution in [-0.4, -0.2) is 22.9 Å². The molecular weight excluding hydrogens is 274 g/mol. The van der Waals surface area contributed by atoms with Crippen LogP contribution in [0.15, 0.2) is 24.3 Å². The Morgan fingerprint density at radius 2 is 1.85 bits per heavy atom. The monoisotopic (exact) mass is 299 g/mol. The number of aliphatic hydroxyl groups excluding tert-OH is 1. The third-order valence-corrected chi connectivity index (χ3v) is 4.13. The number of nitrogens with one attached hydrogen (secondary N) is 1. The van der Waals surface area contributed by atoms with Crippen LogP contribution >= 0.6 is 12.4 Å². The molecule has 2 atom stereocenters. The molecule has 4 heteroatoms. The first-order valence-corrected chi connectivity index (χ1v) is 7.26. The van der Waals surface area contributed by atoms with Crippen molar-refractivity contribution < 1.29 is 9.84 Å². The highest BCUT2D eigenvalue weighted by atomic mass is 35.5. The number of hydrogen-bond acceptors (Lipinski definition) is 3. The maximum absolute atomic E-state index is 10.8. The fourth-order valence-corrected chi connectivity index (χ4v) is 2.94. The average Bonchev–Trinajstić information content (AvgIpc) is 2.41. The van der Waals surface area contributed by atoms with Crippen molar-refractivity contribution >= 4 is 12.4 Å². The highest BCUT2D eigenvalue weighted by Gasteiger charge is 2.46. The Labute approximate surface area is 128 Å². The lowest BCUT2D eigenvalue weighted by atomic mass is 9.80. The number of benzene rings is 1. The molecule has 0 unspecified atom stereocenters. The Morgan fingerprint density at radius 3 is 2.40 bits per heavy atom. The molecule has 114 valence electrons. The molecule has 0 fully saturated rings. The van der Waals surface area contributed by atoms with Gasteiger partial charge in [-0.2, -0.15) is 0 Å². The van der Waals surface area contributed by atoms with E-state index in [9.17, 15) is 5.11 Å². The Balaban J connectivity index is 0.00000200. The third kappa shape index (κ3) is 2.95. The van der Waals surface area contributed by atoms with Crippen LogP contribution in [0.1, 0.15) is 52.1 Å². The molecule has 1 aliphatic heterocycles. The summed E-state index contributed by atoms with van der Waals surface area (Å²) in [5, 5.41) is 14.3. The van der Waals surface area contributed by atoms with Gasteiger partial charge in [0.15, 0.2) is 0 Å². The molecule has 0 saturated carbocycles. The van der Waals surface area contributed by atoms with Crippen LogP contribution in [-0.2, 0) is 0 Å². The molecule has 3 nitrogen and oxygen atoms in total. The van der Waals surface area contributed by atoms with E-state index in [1.165, 1.54) is 0 Å². The zero-order valence-electron chi connectivity index (χ0n) is 12.7. The van der Waals surface area contributed by atoms with Gasteiger partial charge in [-0.05, 0) is 18.9 Å². The van der Waals surface area contributed by atoms with Crippen molar-refractivity contribution in [3.63, 3.8) is 0 Å². The molecule has 0 amide bonds. The maximum Gasteiger partial charge on any atom is 0.136 e. The number of aliphatic hydroxyl groups is 1. The standard InChI is InChI=1S/C16H25NO2.ClH/c1-5-16(6-2)15(18)14(17-11(3)4)12-9-7-8-10-13(12)19-16;/h7-11,14-15,17-18H,5-6H2,1-4H3;1H/t14-,15+;/m1./s1. The summed E-state index contributed by atoms with van der Waals surface area (Å²) in [6.45, 7) is 8.36. The summed E-state index contributed by atoms with van der Waals surface area (Å²) in [5.74, 6) is 0.898. The van der Waals surface area contributed by atoms with E-state index >= 15 is 0 Å². The van der Waals surface area contributed by atoms with Gasteiger partial charge in [-0.1, -0.05) is 45.9 Å². The van der Waals surface area contributed by atoms with Crippen molar-refractivity contribution in [2.75, 3.05) is 0 Å². The highest BCUT2D eigenvalue weighted by Crippen LogP contribution is 2.42. The van der Waals surface area contributed by atoms with Gasteiger partial charge in [0.05, 0.1) is 6.04 Å². The number of halogens is 1. The van der Waals surface area contributed by atoms with Gasteiger partial charge in [0, 0.05) is 11.6 Å².